The minimum atomic E-state index is -0.376. The number of aromatic nitrogens is 5. The van der Waals surface area contributed by atoms with E-state index in [0.717, 1.165) is 34.0 Å². The van der Waals surface area contributed by atoms with Gasteiger partial charge >= 0.3 is 0 Å². The van der Waals surface area contributed by atoms with Gasteiger partial charge in [0.1, 0.15) is 0 Å². The summed E-state index contributed by atoms with van der Waals surface area (Å²) in [7, 11) is 0. The van der Waals surface area contributed by atoms with Crippen molar-refractivity contribution in [2.45, 2.75) is 20.8 Å². The third kappa shape index (κ3) is 3.24. The van der Waals surface area contributed by atoms with Crippen LogP contribution in [0.1, 0.15) is 27.4 Å². The van der Waals surface area contributed by atoms with E-state index in [9.17, 15) is 4.79 Å². The van der Waals surface area contributed by atoms with Gasteiger partial charge < -0.3 is 4.42 Å². The van der Waals surface area contributed by atoms with E-state index < -0.39 is 0 Å². The van der Waals surface area contributed by atoms with Crippen LogP contribution >= 0.6 is 11.5 Å². The van der Waals surface area contributed by atoms with E-state index in [0.29, 0.717) is 16.6 Å². The molecule has 3 aromatic heterocycles. The lowest BCUT2D eigenvalue weighted by Crippen LogP contribution is -2.10. The minimum Gasteiger partial charge on any atom is -0.459 e. The Balaban J connectivity index is 1.62. The summed E-state index contributed by atoms with van der Waals surface area (Å²) in [5.74, 6) is 0.256. The molecule has 9 heteroatoms. The predicted molar refractivity (Wildman–Crippen MR) is 101 cm³/mol. The Bertz CT molecular complexity index is 1110. The number of anilines is 1. The summed E-state index contributed by atoms with van der Waals surface area (Å²) in [4.78, 5) is 16.4. The van der Waals surface area contributed by atoms with E-state index in [-0.39, 0.29) is 11.7 Å². The molecule has 0 saturated heterocycles. The fourth-order valence-corrected chi connectivity index (χ4v) is 3.21. The van der Waals surface area contributed by atoms with Crippen LogP contribution in [-0.4, -0.2) is 30.3 Å². The van der Waals surface area contributed by atoms with Crippen LogP contribution in [0.15, 0.2) is 41.0 Å². The molecule has 136 valence electrons. The molecule has 0 radical (unpaired) electrons. The zero-order valence-corrected chi connectivity index (χ0v) is 15.7. The monoisotopic (exact) mass is 380 g/mol. The highest BCUT2D eigenvalue weighted by molar-refractivity contribution is 7.10. The number of hydrogen-bond acceptors (Lipinski definition) is 7. The quantitative estimate of drug-likeness (QED) is 0.581. The van der Waals surface area contributed by atoms with Crippen molar-refractivity contribution < 1.29 is 9.21 Å². The molecule has 27 heavy (non-hydrogen) atoms. The third-order valence-electron chi connectivity index (χ3n) is 4.09. The first-order valence-electron chi connectivity index (χ1n) is 8.22. The second-order valence-electron chi connectivity index (χ2n) is 6.08. The first-order valence-corrected chi connectivity index (χ1v) is 8.99. The van der Waals surface area contributed by atoms with E-state index in [1.165, 1.54) is 6.26 Å². The molecule has 0 unspecified atom stereocenters. The number of nitrogens with one attached hydrogen (secondary N) is 1. The molecule has 3 heterocycles. The Labute approximate surface area is 159 Å². The third-order valence-corrected chi connectivity index (χ3v) is 4.72. The Hall–Kier alpha value is -3.33. The molecule has 0 fully saturated rings. The van der Waals surface area contributed by atoms with Gasteiger partial charge in [0, 0.05) is 11.5 Å². The number of furan rings is 1. The van der Waals surface area contributed by atoms with Crippen LogP contribution in [0.4, 0.5) is 5.13 Å². The highest BCUT2D eigenvalue weighted by Gasteiger charge is 2.19. The summed E-state index contributed by atoms with van der Waals surface area (Å²) in [5, 5.41) is 11.5. The second-order valence-corrected chi connectivity index (χ2v) is 6.83. The van der Waals surface area contributed by atoms with Gasteiger partial charge in [-0.1, -0.05) is 17.3 Å². The zero-order valence-electron chi connectivity index (χ0n) is 14.9. The first-order chi connectivity index (χ1) is 13.0. The highest BCUT2D eigenvalue weighted by atomic mass is 32.1. The van der Waals surface area contributed by atoms with E-state index >= 15 is 0 Å². The van der Waals surface area contributed by atoms with Crippen molar-refractivity contribution in [2.75, 3.05) is 5.32 Å². The summed E-state index contributed by atoms with van der Waals surface area (Å²) in [5.41, 5.74) is 4.60. The molecule has 4 aromatic rings. The lowest BCUT2D eigenvalue weighted by Gasteiger charge is -2.08. The summed E-state index contributed by atoms with van der Waals surface area (Å²) < 4.78 is 11.1. The topological polar surface area (TPSA) is 98.7 Å². The standard InChI is InChI=1S/C18H16N6O2S/c1-10-6-7-11(2)13(9-10)24-12(3)15(21-23-24)16-19-18(27-22-16)20-17(25)14-5-4-8-26-14/h4-9H,1-3H3,(H,19,20,22,25). The SMILES string of the molecule is Cc1ccc(C)c(-n2nnc(-c3nsc(NC(=O)c4ccco4)n3)c2C)c1. The number of aryl methyl sites for hydroxylation is 2. The summed E-state index contributed by atoms with van der Waals surface area (Å²) >= 11 is 1.08. The van der Waals surface area contributed by atoms with E-state index in [4.69, 9.17) is 4.42 Å². The molecule has 0 aliphatic carbocycles. The molecular formula is C18H16N6O2S. The average Bonchev–Trinajstić information content (AvgIpc) is 3.38. The number of hydrogen-bond donors (Lipinski definition) is 1. The number of rotatable bonds is 4. The van der Waals surface area contributed by atoms with Crippen molar-refractivity contribution in [2.24, 2.45) is 0 Å². The van der Waals surface area contributed by atoms with Crippen LogP contribution in [-0.2, 0) is 0 Å². The Kier molecular flexibility index (Phi) is 4.28. The molecule has 8 nitrogen and oxygen atoms in total. The molecule has 1 N–H and O–H groups in total. The lowest BCUT2D eigenvalue weighted by atomic mass is 10.1. The molecule has 0 atom stereocenters. The number of amides is 1. The number of carbonyl (C=O) groups excluding carboxylic acids is 1. The number of nitrogens with zero attached hydrogens (tertiary/aromatic N) is 5. The van der Waals surface area contributed by atoms with Crippen LogP contribution in [0.5, 0.6) is 0 Å². The fraction of sp³-hybridized carbons (Fsp3) is 0.167. The fourth-order valence-electron chi connectivity index (χ4n) is 2.65. The maximum Gasteiger partial charge on any atom is 0.293 e. The summed E-state index contributed by atoms with van der Waals surface area (Å²) in [6, 6.07) is 9.40. The van der Waals surface area contributed by atoms with Gasteiger partial charge in [0.05, 0.1) is 17.6 Å². The van der Waals surface area contributed by atoms with Gasteiger partial charge in [0.25, 0.3) is 5.91 Å². The van der Waals surface area contributed by atoms with Crippen molar-refractivity contribution in [1.29, 1.82) is 0 Å². The Morgan fingerprint density at radius 1 is 1.22 bits per heavy atom. The molecule has 0 spiro atoms. The Morgan fingerprint density at radius 3 is 2.85 bits per heavy atom. The van der Waals surface area contributed by atoms with E-state index in [1.807, 2.05) is 20.8 Å². The Morgan fingerprint density at radius 2 is 2.07 bits per heavy atom. The predicted octanol–water partition coefficient (Wildman–Crippen LogP) is 3.56. The van der Waals surface area contributed by atoms with Gasteiger partial charge in [-0.15, -0.1) is 5.10 Å². The minimum absolute atomic E-state index is 0.212. The molecule has 0 aliphatic rings. The van der Waals surface area contributed by atoms with Gasteiger partial charge in [-0.25, -0.2) is 4.68 Å². The second kappa shape index (κ2) is 6.76. The largest absolute Gasteiger partial charge is 0.459 e. The van der Waals surface area contributed by atoms with Crippen molar-refractivity contribution in [3.05, 3.63) is 59.2 Å². The number of carbonyl (C=O) groups is 1. The van der Waals surface area contributed by atoms with Crippen LogP contribution < -0.4 is 5.32 Å². The van der Waals surface area contributed by atoms with E-state index in [2.05, 4.69) is 43.2 Å². The number of benzene rings is 1. The molecule has 0 bridgehead atoms. The van der Waals surface area contributed by atoms with Crippen molar-refractivity contribution in [1.82, 2.24) is 24.4 Å². The van der Waals surface area contributed by atoms with Gasteiger partial charge in [0.2, 0.25) is 5.13 Å². The van der Waals surface area contributed by atoms with Gasteiger partial charge in [-0.3, -0.25) is 10.1 Å². The molecule has 0 saturated carbocycles. The van der Waals surface area contributed by atoms with Crippen LogP contribution in [0.2, 0.25) is 0 Å². The van der Waals surface area contributed by atoms with Crippen LogP contribution in [0.3, 0.4) is 0 Å². The smallest absolute Gasteiger partial charge is 0.293 e. The summed E-state index contributed by atoms with van der Waals surface area (Å²) in [6.07, 6.45) is 1.44. The maximum atomic E-state index is 12.0. The zero-order chi connectivity index (χ0) is 19.0. The summed E-state index contributed by atoms with van der Waals surface area (Å²) in [6.45, 7) is 5.98. The van der Waals surface area contributed by atoms with Crippen molar-refractivity contribution in [3.8, 4) is 17.2 Å². The molecule has 0 aliphatic heterocycles. The molecule has 4 rings (SSSR count). The van der Waals surface area contributed by atoms with Crippen LogP contribution in [0.25, 0.3) is 17.2 Å². The molecule has 1 amide bonds. The molecular weight excluding hydrogens is 364 g/mol. The van der Waals surface area contributed by atoms with Crippen molar-refractivity contribution in [3.63, 3.8) is 0 Å². The van der Waals surface area contributed by atoms with Crippen LogP contribution in [0, 0.1) is 20.8 Å². The van der Waals surface area contributed by atoms with E-state index in [1.54, 1.807) is 16.8 Å². The normalized spacial score (nSPS) is 10.9. The van der Waals surface area contributed by atoms with Gasteiger partial charge in [-0.2, -0.15) is 9.36 Å². The van der Waals surface area contributed by atoms with Gasteiger partial charge in [-0.05, 0) is 50.1 Å². The average molecular weight is 380 g/mol. The molecule has 1 aromatic carbocycles. The first kappa shape index (κ1) is 17.1. The van der Waals surface area contributed by atoms with Gasteiger partial charge in [0.15, 0.2) is 17.3 Å². The van der Waals surface area contributed by atoms with Crippen molar-refractivity contribution >= 4 is 22.6 Å². The highest BCUT2D eigenvalue weighted by Crippen LogP contribution is 2.25. The maximum absolute atomic E-state index is 12.0. The lowest BCUT2D eigenvalue weighted by molar-refractivity contribution is 0.0996.